The molecule has 1 fully saturated rings. The monoisotopic (exact) mass is 548 g/mol. The molecular weight excluding hydrogens is 522 g/mol. The van der Waals surface area contributed by atoms with Crippen LogP contribution in [0.15, 0.2) is 36.4 Å². The number of rotatable bonds is 5. The van der Waals surface area contributed by atoms with Crippen molar-refractivity contribution in [1.29, 1.82) is 0 Å². The SMILES string of the molecule is CC1CN(CCN2C(=O)C(O)(c3ccccc3Cl)c3c(Cl)cc(C(N)=O)cc32)CC(C)N1.Cl.Cl. The number of carbonyl (C=O) groups excluding carboxylic acids is 2. The highest BCUT2D eigenvalue weighted by molar-refractivity contribution is 6.35. The van der Waals surface area contributed by atoms with Gasteiger partial charge in [0.15, 0.2) is 5.60 Å². The predicted molar refractivity (Wildman–Crippen MR) is 140 cm³/mol. The molecule has 4 rings (SSSR count). The zero-order valence-corrected chi connectivity index (χ0v) is 21.9. The number of amides is 2. The molecule has 0 aliphatic carbocycles. The number of hydrogen-bond acceptors (Lipinski definition) is 5. The van der Waals surface area contributed by atoms with E-state index in [1.54, 1.807) is 24.3 Å². The van der Waals surface area contributed by atoms with Crippen LogP contribution in [0.3, 0.4) is 0 Å². The summed E-state index contributed by atoms with van der Waals surface area (Å²) in [6.45, 7) is 6.84. The Morgan fingerprint density at radius 1 is 1.12 bits per heavy atom. The molecule has 1 saturated heterocycles. The van der Waals surface area contributed by atoms with Gasteiger partial charge >= 0.3 is 0 Å². The number of nitrogens with two attached hydrogens (primary N) is 1. The second kappa shape index (κ2) is 11.0. The van der Waals surface area contributed by atoms with E-state index in [-0.39, 0.29) is 51.5 Å². The average Bonchev–Trinajstić information content (AvgIpc) is 2.94. The molecule has 0 spiro atoms. The third kappa shape index (κ3) is 5.02. The van der Waals surface area contributed by atoms with Crippen LogP contribution < -0.4 is 16.0 Å². The molecule has 0 radical (unpaired) electrons. The first-order valence-corrected chi connectivity index (χ1v) is 11.3. The topological polar surface area (TPSA) is 98.9 Å². The molecule has 186 valence electrons. The highest BCUT2D eigenvalue weighted by atomic mass is 35.5. The van der Waals surface area contributed by atoms with Crippen molar-refractivity contribution in [1.82, 2.24) is 10.2 Å². The van der Waals surface area contributed by atoms with Gasteiger partial charge in [-0.3, -0.25) is 14.5 Å². The lowest BCUT2D eigenvalue weighted by atomic mass is 9.87. The molecule has 3 atom stereocenters. The van der Waals surface area contributed by atoms with E-state index < -0.39 is 17.4 Å². The average molecular weight is 550 g/mol. The smallest absolute Gasteiger partial charge is 0.268 e. The quantitative estimate of drug-likeness (QED) is 0.532. The third-order valence-corrected chi connectivity index (χ3v) is 6.73. The van der Waals surface area contributed by atoms with Crippen molar-refractivity contribution in [3.63, 3.8) is 0 Å². The van der Waals surface area contributed by atoms with E-state index in [0.29, 0.717) is 30.9 Å². The van der Waals surface area contributed by atoms with E-state index in [4.69, 9.17) is 28.9 Å². The fraction of sp³-hybridized carbons (Fsp3) is 0.391. The number of aliphatic hydroxyl groups is 1. The van der Waals surface area contributed by atoms with Gasteiger partial charge in [0.05, 0.1) is 10.7 Å². The van der Waals surface area contributed by atoms with E-state index in [9.17, 15) is 14.7 Å². The van der Waals surface area contributed by atoms with Crippen molar-refractivity contribution < 1.29 is 14.7 Å². The molecule has 34 heavy (non-hydrogen) atoms. The van der Waals surface area contributed by atoms with E-state index in [1.165, 1.54) is 17.0 Å². The summed E-state index contributed by atoms with van der Waals surface area (Å²) in [5.74, 6) is -1.22. The highest BCUT2D eigenvalue weighted by Gasteiger charge is 2.53. The molecular formula is C23H28Cl4N4O3. The van der Waals surface area contributed by atoms with Gasteiger partial charge in [-0.15, -0.1) is 24.8 Å². The number of piperazine rings is 1. The van der Waals surface area contributed by atoms with Gasteiger partial charge in [0.2, 0.25) is 5.91 Å². The number of fused-ring (bicyclic) bond motifs is 1. The summed E-state index contributed by atoms with van der Waals surface area (Å²) in [4.78, 5) is 29.3. The summed E-state index contributed by atoms with van der Waals surface area (Å²) in [5.41, 5.74) is 4.41. The van der Waals surface area contributed by atoms with Gasteiger partial charge in [0.25, 0.3) is 5.91 Å². The highest BCUT2D eigenvalue weighted by Crippen LogP contribution is 2.49. The van der Waals surface area contributed by atoms with Crippen LogP contribution in [-0.4, -0.2) is 60.1 Å². The Balaban J connectivity index is 0.00000204. The Bertz CT molecular complexity index is 1080. The van der Waals surface area contributed by atoms with Gasteiger partial charge in [0.1, 0.15) is 0 Å². The van der Waals surface area contributed by atoms with Crippen molar-refractivity contribution in [2.45, 2.75) is 31.5 Å². The Morgan fingerprint density at radius 2 is 1.74 bits per heavy atom. The summed E-state index contributed by atoms with van der Waals surface area (Å²) in [6.07, 6.45) is 0. The number of hydrogen-bond donors (Lipinski definition) is 3. The lowest BCUT2D eigenvalue weighted by Crippen LogP contribution is -2.55. The van der Waals surface area contributed by atoms with Crippen LogP contribution in [0.2, 0.25) is 10.0 Å². The Morgan fingerprint density at radius 3 is 2.32 bits per heavy atom. The van der Waals surface area contributed by atoms with Gasteiger partial charge in [-0.2, -0.15) is 0 Å². The van der Waals surface area contributed by atoms with Crippen molar-refractivity contribution in [2.75, 3.05) is 31.1 Å². The normalized spacial score (nSPS) is 24.3. The van der Waals surface area contributed by atoms with Gasteiger partial charge in [-0.1, -0.05) is 41.4 Å². The number of nitrogens with zero attached hydrogens (tertiary/aromatic N) is 2. The van der Waals surface area contributed by atoms with Crippen molar-refractivity contribution in [3.05, 3.63) is 63.1 Å². The molecule has 2 aromatic rings. The lowest BCUT2D eigenvalue weighted by Gasteiger charge is -2.37. The standard InChI is InChI=1S/C23H26Cl2N4O3.2ClH/c1-13-11-28(12-14(2)27-13)7-8-29-19-10-15(21(26)30)9-18(25)20(19)23(32,22(29)31)16-5-3-4-6-17(16)24;;/h3-6,9-10,13-14,27,32H,7-8,11-12H2,1-2H3,(H2,26,30);2*1H. The zero-order chi connectivity index (χ0) is 23.2. The van der Waals surface area contributed by atoms with Gasteiger partial charge in [-0.05, 0) is 32.0 Å². The van der Waals surface area contributed by atoms with Crippen LogP contribution in [-0.2, 0) is 10.4 Å². The molecule has 0 saturated carbocycles. The molecule has 3 unspecified atom stereocenters. The summed E-state index contributed by atoms with van der Waals surface area (Å²) >= 11 is 12.9. The molecule has 7 nitrogen and oxygen atoms in total. The maximum Gasteiger partial charge on any atom is 0.268 e. The number of benzene rings is 2. The zero-order valence-electron chi connectivity index (χ0n) is 18.8. The van der Waals surface area contributed by atoms with Gasteiger partial charge in [-0.25, -0.2) is 0 Å². The Kier molecular flexibility index (Phi) is 9.27. The number of carbonyl (C=O) groups is 2. The summed E-state index contributed by atoms with van der Waals surface area (Å²) in [6, 6.07) is 10.2. The van der Waals surface area contributed by atoms with Gasteiger partial charge < -0.3 is 21.1 Å². The number of anilines is 1. The molecule has 11 heteroatoms. The first-order valence-electron chi connectivity index (χ1n) is 10.5. The van der Waals surface area contributed by atoms with Crippen LogP contribution >= 0.6 is 48.0 Å². The molecule has 0 aromatic heterocycles. The molecule has 4 N–H and O–H groups in total. The summed E-state index contributed by atoms with van der Waals surface area (Å²) in [7, 11) is 0. The maximum atomic E-state index is 13.7. The molecule has 2 aromatic carbocycles. The minimum absolute atomic E-state index is 0. The minimum atomic E-state index is -2.06. The number of primary amides is 1. The predicted octanol–water partition coefficient (Wildman–Crippen LogP) is 3.20. The fourth-order valence-corrected chi connectivity index (χ4v) is 5.43. The fourth-order valence-electron chi connectivity index (χ4n) is 4.81. The van der Waals surface area contributed by atoms with E-state index in [0.717, 1.165) is 13.1 Å². The van der Waals surface area contributed by atoms with Crippen molar-refractivity contribution in [3.8, 4) is 0 Å². The van der Waals surface area contributed by atoms with Crippen molar-refractivity contribution >= 4 is 65.5 Å². The van der Waals surface area contributed by atoms with Crippen LogP contribution in [0.25, 0.3) is 0 Å². The minimum Gasteiger partial charge on any atom is -0.372 e. The Labute approximate surface area is 221 Å². The van der Waals surface area contributed by atoms with Crippen LogP contribution in [0.5, 0.6) is 0 Å². The molecule has 0 bridgehead atoms. The Hall–Kier alpha value is -1.58. The molecule has 2 heterocycles. The molecule has 2 aliphatic heterocycles. The summed E-state index contributed by atoms with van der Waals surface area (Å²) < 4.78 is 0. The molecule has 2 amide bonds. The number of halogens is 4. The maximum absolute atomic E-state index is 13.7. The van der Waals surface area contributed by atoms with Gasteiger partial charge in [0, 0.05) is 60.0 Å². The van der Waals surface area contributed by atoms with E-state index in [2.05, 4.69) is 24.1 Å². The van der Waals surface area contributed by atoms with Crippen molar-refractivity contribution in [2.24, 2.45) is 5.73 Å². The number of nitrogens with one attached hydrogen (secondary N) is 1. The first-order chi connectivity index (χ1) is 15.1. The lowest BCUT2D eigenvalue weighted by molar-refractivity contribution is -0.132. The van der Waals surface area contributed by atoms with E-state index in [1.807, 2.05) is 0 Å². The third-order valence-electron chi connectivity index (χ3n) is 6.10. The van der Waals surface area contributed by atoms with Crippen LogP contribution in [0.4, 0.5) is 5.69 Å². The van der Waals surface area contributed by atoms with Crippen LogP contribution in [0.1, 0.15) is 35.3 Å². The summed E-state index contributed by atoms with van der Waals surface area (Å²) in [5, 5.41) is 15.6. The van der Waals surface area contributed by atoms with Crippen LogP contribution in [0, 0.1) is 0 Å². The second-order valence-electron chi connectivity index (χ2n) is 8.59. The van der Waals surface area contributed by atoms with E-state index >= 15 is 0 Å². The largest absolute Gasteiger partial charge is 0.372 e. The second-order valence-corrected chi connectivity index (χ2v) is 9.41. The molecule has 2 aliphatic rings. The first kappa shape index (κ1) is 28.7.